The van der Waals surface area contributed by atoms with Gasteiger partial charge in [0, 0.05) is 12.1 Å². The van der Waals surface area contributed by atoms with E-state index in [1.807, 2.05) is 13.8 Å². The third-order valence-electron chi connectivity index (χ3n) is 2.92. The van der Waals surface area contributed by atoms with Crippen LogP contribution in [-0.2, 0) is 4.79 Å². The van der Waals surface area contributed by atoms with Crippen LogP contribution in [-0.4, -0.2) is 38.6 Å². The van der Waals surface area contributed by atoms with Gasteiger partial charge in [-0.25, -0.2) is 0 Å². The predicted molar refractivity (Wildman–Crippen MR) is 89.4 cm³/mol. The van der Waals surface area contributed by atoms with Gasteiger partial charge in [0.15, 0.2) is 11.5 Å². The van der Waals surface area contributed by atoms with Crippen LogP contribution < -0.4 is 20.1 Å². The van der Waals surface area contributed by atoms with Crippen LogP contribution in [0.5, 0.6) is 11.5 Å². The van der Waals surface area contributed by atoms with Crippen LogP contribution in [0.15, 0.2) is 12.1 Å². The number of nitrogens with one attached hydrogen (secondary N) is 2. The molecule has 2 N–H and O–H groups in total. The number of halogens is 1. The van der Waals surface area contributed by atoms with E-state index in [1.54, 1.807) is 0 Å². The lowest BCUT2D eigenvalue weighted by Crippen LogP contribution is -2.37. The summed E-state index contributed by atoms with van der Waals surface area (Å²) in [6, 6.07) is 3.03. The van der Waals surface area contributed by atoms with E-state index in [1.165, 1.54) is 19.2 Å². The highest BCUT2D eigenvalue weighted by Crippen LogP contribution is 2.36. The number of rotatable bonds is 9. The van der Waals surface area contributed by atoms with Gasteiger partial charge in [0.2, 0.25) is 5.91 Å². The molecular formula is C16H23ClN2O4. The van der Waals surface area contributed by atoms with Gasteiger partial charge in [0.1, 0.15) is 0 Å². The van der Waals surface area contributed by atoms with Crippen LogP contribution in [0.3, 0.4) is 0 Å². The van der Waals surface area contributed by atoms with Gasteiger partial charge in [-0.2, -0.15) is 0 Å². The Labute approximate surface area is 141 Å². The number of methoxy groups -OCH3 is 1. The summed E-state index contributed by atoms with van der Waals surface area (Å²) in [6.45, 7) is 4.92. The number of carbonyl (C=O) groups excluding carboxylic acids is 2. The normalized spacial score (nSPS) is 10.1. The Balaban J connectivity index is 2.77. The Hall–Kier alpha value is -1.95. The molecule has 6 nitrogen and oxygen atoms in total. The minimum Gasteiger partial charge on any atom is -0.493 e. The fourth-order valence-electron chi connectivity index (χ4n) is 1.78. The molecular weight excluding hydrogens is 320 g/mol. The van der Waals surface area contributed by atoms with E-state index in [2.05, 4.69) is 10.6 Å². The largest absolute Gasteiger partial charge is 0.493 e. The summed E-state index contributed by atoms with van der Waals surface area (Å²) < 4.78 is 10.8. The third-order valence-corrected chi connectivity index (χ3v) is 3.20. The molecule has 1 rings (SSSR count). The molecule has 0 aromatic heterocycles. The molecule has 0 unspecified atom stereocenters. The molecule has 0 aliphatic carbocycles. The Morgan fingerprint density at radius 2 is 1.91 bits per heavy atom. The summed E-state index contributed by atoms with van der Waals surface area (Å²) in [6.07, 6.45) is 1.67. The molecule has 0 fully saturated rings. The number of hydrogen-bond acceptors (Lipinski definition) is 4. The summed E-state index contributed by atoms with van der Waals surface area (Å²) in [7, 11) is 1.48. The zero-order chi connectivity index (χ0) is 17.2. The average Bonchev–Trinajstić information content (AvgIpc) is 2.55. The van der Waals surface area contributed by atoms with Gasteiger partial charge < -0.3 is 20.1 Å². The molecule has 23 heavy (non-hydrogen) atoms. The first-order chi connectivity index (χ1) is 11.0. The van der Waals surface area contributed by atoms with Crippen molar-refractivity contribution in [2.45, 2.75) is 26.7 Å². The summed E-state index contributed by atoms with van der Waals surface area (Å²) in [4.78, 5) is 23.6. The second kappa shape index (κ2) is 9.94. The van der Waals surface area contributed by atoms with Crippen LogP contribution in [0.25, 0.3) is 0 Å². The van der Waals surface area contributed by atoms with Gasteiger partial charge in [-0.05, 0) is 25.0 Å². The van der Waals surface area contributed by atoms with Crippen molar-refractivity contribution in [3.63, 3.8) is 0 Å². The molecule has 0 saturated heterocycles. The minimum absolute atomic E-state index is 0.0904. The lowest BCUT2D eigenvalue weighted by molar-refractivity contribution is -0.120. The smallest absolute Gasteiger partial charge is 0.251 e. The summed E-state index contributed by atoms with van der Waals surface area (Å²) in [5, 5.41) is 5.51. The highest BCUT2D eigenvalue weighted by atomic mass is 35.5. The molecule has 1 aromatic rings. The number of carbonyl (C=O) groups is 2. The van der Waals surface area contributed by atoms with Crippen molar-refractivity contribution in [2.24, 2.45) is 0 Å². The summed E-state index contributed by atoms with van der Waals surface area (Å²) in [5.41, 5.74) is 0.305. The number of benzene rings is 1. The van der Waals surface area contributed by atoms with Crippen LogP contribution in [0, 0.1) is 0 Å². The topological polar surface area (TPSA) is 76.7 Å². The zero-order valence-corrected chi connectivity index (χ0v) is 14.5. The van der Waals surface area contributed by atoms with Gasteiger partial charge in [-0.1, -0.05) is 25.4 Å². The molecule has 128 valence electrons. The Bertz CT molecular complexity index is 549. The average molecular weight is 343 g/mol. The summed E-state index contributed by atoms with van der Waals surface area (Å²) in [5.74, 6) is 0.153. The van der Waals surface area contributed by atoms with Crippen molar-refractivity contribution >= 4 is 23.4 Å². The number of ether oxygens (including phenoxy) is 2. The molecule has 0 heterocycles. The standard InChI is InChI=1S/C16H23ClN2O4/c1-4-6-18-14(20)10-19-16(21)11-8-12(17)15(23-7-5-2)13(9-11)22-3/h8-9H,4-7,10H2,1-3H3,(H,18,20)(H,19,21). The molecule has 0 aliphatic heterocycles. The molecule has 0 radical (unpaired) electrons. The second-order valence-electron chi connectivity index (χ2n) is 4.87. The zero-order valence-electron chi connectivity index (χ0n) is 13.7. The molecule has 2 amide bonds. The number of hydrogen-bond donors (Lipinski definition) is 2. The molecule has 0 aliphatic rings. The highest BCUT2D eigenvalue weighted by Gasteiger charge is 2.16. The van der Waals surface area contributed by atoms with Crippen LogP contribution in [0.4, 0.5) is 0 Å². The third kappa shape index (κ3) is 5.98. The van der Waals surface area contributed by atoms with Crippen LogP contribution >= 0.6 is 11.6 Å². The van der Waals surface area contributed by atoms with Gasteiger partial charge >= 0.3 is 0 Å². The predicted octanol–water partition coefficient (Wildman–Crippen LogP) is 2.39. The van der Waals surface area contributed by atoms with Crippen molar-refractivity contribution in [3.05, 3.63) is 22.7 Å². The van der Waals surface area contributed by atoms with Gasteiger partial charge in [0.05, 0.1) is 25.3 Å². The Morgan fingerprint density at radius 3 is 2.52 bits per heavy atom. The van der Waals surface area contributed by atoms with E-state index < -0.39 is 5.91 Å². The fraction of sp³-hybridized carbons (Fsp3) is 0.500. The molecule has 0 spiro atoms. The Morgan fingerprint density at radius 1 is 1.17 bits per heavy atom. The SMILES string of the molecule is CCCNC(=O)CNC(=O)c1cc(Cl)c(OCCC)c(OC)c1. The van der Waals surface area contributed by atoms with Crippen molar-refractivity contribution < 1.29 is 19.1 Å². The van der Waals surface area contributed by atoms with Gasteiger partial charge in [-0.3, -0.25) is 9.59 Å². The lowest BCUT2D eigenvalue weighted by atomic mass is 10.2. The van der Waals surface area contributed by atoms with Gasteiger partial charge in [0.25, 0.3) is 5.91 Å². The summed E-state index contributed by atoms with van der Waals surface area (Å²) >= 11 is 6.16. The monoisotopic (exact) mass is 342 g/mol. The van der Waals surface area contributed by atoms with E-state index in [-0.39, 0.29) is 12.5 Å². The lowest BCUT2D eigenvalue weighted by Gasteiger charge is -2.13. The molecule has 0 atom stereocenters. The first-order valence-corrected chi connectivity index (χ1v) is 7.96. The van der Waals surface area contributed by atoms with Crippen molar-refractivity contribution in [2.75, 3.05) is 26.8 Å². The Kier molecular flexibility index (Phi) is 8.26. The van der Waals surface area contributed by atoms with Crippen LogP contribution in [0.1, 0.15) is 37.0 Å². The van der Waals surface area contributed by atoms with Crippen LogP contribution in [0.2, 0.25) is 5.02 Å². The second-order valence-corrected chi connectivity index (χ2v) is 5.28. The molecule has 1 aromatic carbocycles. The molecule has 0 saturated carbocycles. The number of amides is 2. The van der Waals surface area contributed by atoms with Crippen molar-refractivity contribution in [3.8, 4) is 11.5 Å². The van der Waals surface area contributed by atoms with Gasteiger partial charge in [-0.15, -0.1) is 0 Å². The van der Waals surface area contributed by atoms with Crippen molar-refractivity contribution in [1.29, 1.82) is 0 Å². The van der Waals surface area contributed by atoms with E-state index >= 15 is 0 Å². The molecule has 7 heteroatoms. The van der Waals surface area contributed by atoms with E-state index in [4.69, 9.17) is 21.1 Å². The first kappa shape index (κ1) is 19.1. The van der Waals surface area contributed by atoms with E-state index in [0.29, 0.717) is 35.2 Å². The first-order valence-electron chi connectivity index (χ1n) is 7.58. The molecule has 0 bridgehead atoms. The fourth-order valence-corrected chi connectivity index (χ4v) is 2.05. The maximum atomic E-state index is 12.1. The maximum Gasteiger partial charge on any atom is 0.251 e. The van der Waals surface area contributed by atoms with E-state index in [0.717, 1.165) is 12.8 Å². The van der Waals surface area contributed by atoms with Crippen molar-refractivity contribution in [1.82, 2.24) is 10.6 Å². The quantitative estimate of drug-likeness (QED) is 0.722. The maximum absolute atomic E-state index is 12.1. The highest BCUT2D eigenvalue weighted by molar-refractivity contribution is 6.32. The minimum atomic E-state index is -0.404. The van der Waals surface area contributed by atoms with E-state index in [9.17, 15) is 9.59 Å².